The summed E-state index contributed by atoms with van der Waals surface area (Å²) in [6.07, 6.45) is 1.47. The molecule has 110 valence electrons. The summed E-state index contributed by atoms with van der Waals surface area (Å²) >= 11 is 0. The summed E-state index contributed by atoms with van der Waals surface area (Å²) in [6, 6.07) is 8.20. The van der Waals surface area contributed by atoms with Crippen molar-refractivity contribution in [1.82, 2.24) is 15.3 Å². The molecule has 0 amide bonds. The Bertz CT molecular complexity index is 622. The second-order valence-corrected chi connectivity index (χ2v) is 5.08. The number of aromatic nitrogens is 2. The number of rotatable bonds is 3. The van der Waals surface area contributed by atoms with Gasteiger partial charge in [0.25, 0.3) is 0 Å². The first-order chi connectivity index (χ1) is 10.2. The van der Waals surface area contributed by atoms with Gasteiger partial charge in [-0.1, -0.05) is 6.07 Å². The Balaban J connectivity index is 1.76. The smallest absolute Gasteiger partial charge is 0.224 e. The SMILES string of the molecule is CC1CN(c2cc(Oc3cccc(F)c3)ncn2)CCN1. The van der Waals surface area contributed by atoms with Crippen LogP contribution < -0.4 is 15.0 Å². The predicted molar refractivity (Wildman–Crippen MR) is 78.2 cm³/mol. The second kappa shape index (κ2) is 6.05. The maximum atomic E-state index is 13.2. The van der Waals surface area contributed by atoms with E-state index in [0.717, 1.165) is 25.5 Å². The monoisotopic (exact) mass is 288 g/mol. The van der Waals surface area contributed by atoms with Crippen LogP contribution in [-0.4, -0.2) is 35.6 Å². The van der Waals surface area contributed by atoms with Crippen LogP contribution in [0.3, 0.4) is 0 Å². The maximum absolute atomic E-state index is 13.2. The van der Waals surface area contributed by atoms with Gasteiger partial charge < -0.3 is 15.0 Å². The molecule has 1 aromatic heterocycles. The van der Waals surface area contributed by atoms with Crippen LogP contribution in [0.1, 0.15) is 6.92 Å². The molecule has 1 atom stereocenters. The first-order valence-electron chi connectivity index (χ1n) is 6.94. The molecule has 5 nitrogen and oxygen atoms in total. The van der Waals surface area contributed by atoms with Crippen molar-refractivity contribution in [2.24, 2.45) is 0 Å². The molecule has 1 fully saturated rings. The first kappa shape index (κ1) is 13.8. The number of piperazine rings is 1. The summed E-state index contributed by atoms with van der Waals surface area (Å²) in [5.74, 6) is 1.33. The molecule has 21 heavy (non-hydrogen) atoms. The molecule has 1 aliphatic rings. The number of hydrogen-bond donors (Lipinski definition) is 1. The summed E-state index contributed by atoms with van der Waals surface area (Å²) in [5, 5.41) is 3.38. The third kappa shape index (κ3) is 3.46. The molecule has 1 N–H and O–H groups in total. The first-order valence-corrected chi connectivity index (χ1v) is 6.94. The summed E-state index contributed by atoms with van der Waals surface area (Å²) in [6.45, 7) is 4.83. The van der Waals surface area contributed by atoms with Crippen molar-refractivity contribution in [3.8, 4) is 11.6 Å². The van der Waals surface area contributed by atoms with Gasteiger partial charge in [0, 0.05) is 37.8 Å². The van der Waals surface area contributed by atoms with Crippen molar-refractivity contribution >= 4 is 5.82 Å². The van der Waals surface area contributed by atoms with E-state index in [0.29, 0.717) is 17.7 Å². The largest absolute Gasteiger partial charge is 0.439 e. The zero-order valence-corrected chi connectivity index (χ0v) is 11.8. The van der Waals surface area contributed by atoms with Gasteiger partial charge in [-0.2, -0.15) is 0 Å². The highest BCUT2D eigenvalue weighted by Crippen LogP contribution is 2.23. The molecular weight excluding hydrogens is 271 g/mol. The van der Waals surface area contributed by atoms with Crippen molar-refractivity contribution < 1.29 is 9.13 Å². The lowest BCUT2D eigenvalue weighted by Crippen LogP contribution is -2.49. The molecule has 1 unspecified atom stereocenters. The number of ether oxygens (including phenoxy) is 1. The molecule has 0 saturated carbocycles. The zero-order chi connectivity index (χ0) is 14.7. The Hall–Kier alpha value is -2.21. The van der Waals surface area contributed by atoms with Gasteiger partial charge in [0.15, 0.2) is 0 Å². The lowest BCUT2D eigenvalue weighted by atomic mass is 10.2. The average molecular weight is 288 g/mol. The number of hydrogen-bond acceptors (Lipinski definition) is 5. The van der Waals surface area contributed by atoms with Crippen LogP contribution in [0, 0.1) is 5.82 Å². The molecule has 3 rings (SSSR count). The highest BCUT2D eigenvalue weighted by atomic mass is 19.1. The van der Waals surface area contributed by atoms with Gasteiger partial charge in [-0.15, -0.1) is 0 Å². The van der Waals surface area contributed by atoms with Gasteiger partial charge in [0.2, 0.25) is 5.88 Å². The van der Waals surface area contributed by atoms with Crippen LogP contribution in [0.15, 0.2) is 36.7 Å². The third-order valence-corrected chi connectivity index (χ3v) is 3.34. The molecule has 0 bridgehead atoms. The number of nitrogens with one attached hydrogen (secondary N) is 1. The van der Waals surface area contributed by atoms with Crippen LogP contribution >= 0.6 is 0 Å². The van der Waals surface area contributed by atoms with Crippen LogP contribution in [-0.2, 0) is 0 Å². The van der Waals surface area contributed by atoms with E-state index in [4.69, 9.17) is 4.74 Å². The Morgan fingerprint density at radius 1 is 1.33 bits per heavy atom. The fourth-order valence-corrected chi connectivity index (χ4v) is 2.35. The fourth-order valence-electron chi connectivity index (χ4n) is 2.35. The van der Waals surface area contributed by atoms with Crippen LogP contribution in [0.5, 0.6) is 11.6 Å². The minimum atomic E-state index is -0.335. The van der Waals surface area contributed by atoms with E-state index in [1.165, 1.54) is 18.5 Å². The van der Waals surface area contributed by atoms with E-state index in [1.807, 2.05) is 0 Å². The van der Waals surface area contributed by atoms with Gasteiger partial charge in [-0.05, 0) is 19.1 Å². The van der Waals surface area contributed by atoms with Gasteiger partial charge in [-0.25, -0.2) is 14.4 Å². The molecule has 0 aliphatic carbocycles. The topological polar surface area (TPSA) is 50.3 Å². The summed E-state index contributed by atoms with van der Waals surface area (Å²) in [7, 11) is 0. The van der Waals surface area contributed by atoms with Crippen molar-refractivity contribution in [3.05, 3.63) is 42.5 Å². The highest BCUT2D eigenvalue weighted by molar-refractivity contribution is 5.42. The van der Waals surface area contributed by atoms with E-state index in [2.05, 4.69) is 27.1 Å². The van der Waals surface area contributed by atoms with E-state index in [-0.39, 0.29) is 5.82 Å². The van der Waals surface area contributed by atoms with Crippen molar-refractivity contribution in [1.29, 1.82) is 0 Å². The van der Waals surface area contributed by atoms with Crippen LogP contribution in [0.25, 0.3) is 0 Å². The lowest BCUT2D eigenvalue weighted by Gasteiger charge is -2.32. The molecule has 1 aromatic carbocycles. The molecule has 6 heteroatoms. The lowest BCUT2D eigenvalue weighted by molar-refractivity contribution is 0.453. The van der Waals surface area contributed by atoms with Crippen molar-refractivity contribution in [2.45, 2.75) is 13.0 Å². The zero-order valence-electron chi connectivity index (χ0n) is 11.8. The highest BCUT2D eigenvalue weighted by Gasteiger charge is 2.17. The van der Waals surface area contributed by atoms with E-state index in [1.54, 1.807) is 18.2 Å². The maximum Gasteiger partial charge on any atom is 0.224 e. The Labute approximate surface area is 122 Å². The van der Waals surface area contributed by atoms with Gasteiger partial charge in [0.1, 0.15) is 23.7 Å². The Morgan fingerprint density at radius 2 is 2.24 bits per heavy atom. The molecule has 0 spiro atoms. The van der Waals surface area contributed by atoms with E-state index >= 15 is 0 Å². The summed E-state index contributed by atoms with van der Waals surface area (Å²) in [5.41, 5.74) is 0. The second-order valence-electron chi connectivity index (χ2n) is 5.08. The standard InChI is InChI=1S/C15H17FN4O/c1-11-9-20(6-5-17-11)14-8-15(19-10-18-14)21-13-4-2-3-12(16)7-13/h2-4,7-8,10-11,17H,5-6,9H2,1H3. The quantitative estimate of drug-likeness (QED) is 0.938. The predicted octanol–water partition coefficient (Wildman–Crippen LogP) is 2.21. The van der Waals surface area contributed by atoms with Crippen LogP contribution in [0.2, 0.25) is 0 Å². The number of nitrogens with zero attached hydrogens (tertiary/aromatic N) is 3. The van der Waals surface area contributed by atoms with Gasteiger partial charge in [0.05, 0.1) is 0 Å². The fraction of sp³-hybridized carbons (Fsp3) is 0.333. The van der Waals surface area contributed by atoms with E-state index < -0.39 is 0 Å². The van der Waals surface area contributed by atoms with Crippen molar-refractivity contribution in [2.75, 3.05) is 24.5 Å². The van der Waals surface area contributed by atoms with E-state index in [9.17, 15) is 4.39 Å². The molecular formula is C15H17FN4O. The number of benzene rings is 1. The van der Waals surface area contributed by atoms with Crippen LogP contribution in [0.4, 0.5) is 10.2 Å². The third-order valence-electron chi connectivity index (χ3n) is 3.34. The minimum Gasteiger partial charge on any atom is -0.439 e. The average Bonchev–Trinajstić information content (AvgIpc) is 2.47. The number of anilines is 1. The molecule has 2 heterocycles. The Morgan fingerprint density at radius 3 is 3.05 bits per heavy atom. The van der Waals surface area contributed by atoms with Gasteiger partial charge >= 0.3 is 0 Å². The minimum absolute atomic E-state index is 0.335. The molecule has 1 aliphatic heterocycles. The normalized spacial score (nSPS) is 18.6. The molecule has 0 radical (unpaired) electrons. The Kier molecular flexibility index (Phi) is 3.96. The summed E-state index contributed by atoms with van der Waals surface area (Å²) < 4.78 is 18.7. The number of halogens is 1. The van der Waals surface area contributed by atoms with Gasteiger partial charge in [-0.3, -0.25) is 0 Å². The summed E-state index contributed by atoms with van der Waals surface area (Å²) in [4.78, 5) is 10.6. The van der Waals surface area contributed by atoms with Crippen molar-refractivity contribution in [3.63, 3.8) is 0 Å². The molecule has 2 aromatic rings. The molecule has 1 saturated heterocycles.